The minimum Gasteiger partial charge on any atom is -0.487 e. The molecule has 0 amide bonds. The van der Waals surface area contributed by atoms with Crippen LogP contribution in [0.2, 0.25) is 10.0 Å². The SMILES string of the molecule is CNCc1ccc(OCc2ccccc2Cl)c(Cl)c1. The van der Waals surface area contributed by atoms with Crippen LogP contribution in [0.4, 0.5) is 0 Å². The quantitative estimate of drug-likeness (QED) is 0.888. The van der Waals surface area contributed by atoms with E-state index in [0.29, 0.717) is 22.4 Å². The van der Waals surface area contributed by atoms with Gasteiger partial charge in [-0.15, -0.1) is 0 Å². The van der Waals surface area contributed by atoms with Gasteiger partial charge >= 0.3 is 0 Å². The monoisotopic (exact) mass is 295 g/mol. The molecule has 2 aromatic rings. The highest BCUT2D eigenvalue weighted by molar-refractivity contribution is 6.32. The van der Waals surface area contributed by atoms with Crippen LogP contribution in [0.5, 0.6) is 5.75 Å². The topological polar surface area (TPSA) is 21.3 Å². The van der Waals surface area contributed by atoms with Gasteiger partial charge in [0.15, 0.2) is 0 Å². The van der Waals surface area contributed by atoms with Crippen LogP contribution in [-0.2, 0) is 13.2 Å². The van der Waals surface area contributed by atoms with Crippen LogP contribution in [0.1, 0.15) is 11.1 Å². The maximum Gasteiger partial charge on any atom is 0.138 e. The molecule has 2 nitrogen and oxygen atoms in total. The van der Waals surface area contributed by atoms with Crippen molar-refractivity contribution < 1.29 is 4.74 Å². The molecule has 0 spiro atoms. The Balaban J connectivity index is 2.06. The molecule has 0 saturated heterocycles. The number of hydrogen-bond acceptors (Lipinski definition) is 2. The van der Waals surface area contributed by atoms with Crippen LogP contribution < -0.4 is 10.1 Å². The van der Waals surface area contributed by atoms with E-state index >= 15 is 0 Å². The third kappa shape index (κ3) is 3.87. The Labute approximate surface area is 123 Å². The van der Waals surface area contributed by atoms with Gasteiger partial charge in [-0.3, -0.25) is 0 Å². The standard InChI is InChI=1S/C15H15Cl2NO/c1-18-9-11-6-7-15(14(17)8-11)19-10-12-4-2-3-5-13(12)16/h2-8,18H,9-10H2,1H3. The maximum atomic E-state index is 6.19. The van der Waals surface area contributed by atoms with E-state index < -0.39 is 0 Å². The summed E-state index contributed by atoms with van der Waals surface area (Å²) >= 11 is 12.3. The zero-order chi connectivity index (χ0) is 13.7. The lowest BCUT2D eigenvalue weighted by Gasteiger charge is -2.10. The summed E-state index contributed by atoms with van der Waals surface area (Å²) in [7, 11) is 1.90. The average molecular weight is 296 g/mol. The van der Waals surface area contributed by atoms with Crippen molar-refractivity contribution in [2.24, 2.45) is 0 Å². The van der Waals surface area contributed by atoms with Gasteiger partial charge in [0.25, 0.3) is 0 Å². The molecular formula is C15H15Cl2NO. The van der Waals surface area contributed by atoms with Crippen LogP contribution in [0.25, 0.3) is 0 Å². The van der Waals surface area contributed by atoms with E-state index in [4.69, 9.17) is 27.9 Å². The zero-order valence-electron chi connectivity index (χ0n) is 10.6. The molecule has 1 N–H and O–H groups in total. The lowest BCUT2D eigenvalue weighted by molar-refractivity contribution is 0.306. The number of hydrogen-bond donors (Lipinski definition) is 1. The number of ether oxygens (including phenoxy) is 1. The molecule has 0 fully saturated rings. The lowest BCUT2D eigenvalue weighted by Crippen LogP contribution is -2.05. The average Bonchev–Trinajstić information content (AvgIpc) is 2.40. The Bertz CT molecular complexity index is 558. The zero-order valence-corrected chi connectivity index (χ0v) is 12.1. The first-order valence-corrected chi connectivity index (χ1v) is 6.75. The number of nitrogens with one attached hydrogen (secondary N) is 1. The molecular weight excluding hydrogens is 281 g/mol. The fourth-order valence-corrected chi connectivity index (χ4v) is 2.19. The van der Waals surface area contributed by atoms with Crippen molar-refractivity contribution in [1.29, 1.82) is 0 Å². The fraction of sp³-hybridized carbons (Fsp3) is 0.200. The smallest absolute Gasteiger partial charge is 0.138 e. The van der Waals surface area contributed by atoms with E-state index in [-0.39, 0.29) is 0 Å². The summed E-state index contributed by atoms with van der Waals surface area (Å²) in [6.45, 7) is 1.19. The van der Waals surface area contributed by atoms with Crippen molar-refractivity contribution in [3.8, 4) is 5.75 Å². The Morgan fingerprint density at radius 2 is 1.84 bits per heavy atom. The van der Waals surface area contributed by atoms with E-state index in [1.165, 1.54) is 0 Å². The molecule has 0 saturated carbocycles. The molecule has 4 heteroatoms. The Morgan fingerprint density at radius 3 is 2.53 bits per heavy atom. The minimum atomic E-state index is 0.408. The molecule has 0 aliphatic rings. The van der Waals surface area contributed by atoms with E-state index in [0.717, 1.165) is 17.7 Å². The number of rotatable bonds is 5. The summed E-state index contributed by atoms with van der Waals surface area (Å²) < 4.78 is 5.70. The molecule has 0 aliphatic heterocycles. The maximum absolute atomic E-state index is 6.19. The molecule has 0 bridgehead atoms. The van der Waals surface area contributed by atoms with Gasteiger partial charge in [-0.2, -0.15) is 0 Å². The van der Waals surface area contributed by atoms with E-state index in [1.54, 1.807) is 0 Å². The Morgan fingerprint density at radius 1 is 1.05 bits per heavy atom. The van der Waals surface area contributed by atoms with Crippen molar-refractivity contribution in [1.82, 2.24) is 5.32 Å². The molecule has 0 atom stereocenters. The van der Waals surface area contributed by atoms with Gasteiger partial charge in [0.1, 0.15) is 12.4 Å². The van der Waals surface area contributed by atoms with Gasteiger partial charge < -0.3 is 10.1 Å². The van der Waals surface area contributed by atoms with Crippen molar-refractivity contribution in [2.75, 3.05) is 7.05 Å². The van der Waals surface area contributed by atoms with Gasteiger partial charge in [0.05, 0.1) is 5.02 Å². The molecule has 0 unspecified atom stereocenters. The second-order valence-corrected chi connectivity index (χ2v) is 4.99. The van der Waals surface area contributed by atoms with Gasteiger partial charge in [-0.05, 0) is 30.8 Å². The van der Waals surface area contributed by atoms with Gasteiger partial charge in [-0.25, -0.2) is 0 Å². The Kier molecular flexibility index (Phi) is 5.08. The van der Waals surface area contributed by atoms with Crippen LogP contribution >= 0.6 is 23.2 Å². The van der Waals surface area contributed by atoms with Crippen LogP contribution in [0.15, 0.2) is 42.5 Å². The lowest BCUT2D eigenvalue weighted by atomic mass is 10.2. The second-order valence-electron chi connectivity index (χ2n) is 4.18. The summed E-state index contributed by atoms with van der Waals surface area (Å²) in [6, 6.07) is 13.4. The normalized spacial score (nSPS) is 10.5. The molecule has 0 radical (unpaired) electrons. The predicted octanol–water partition coefficient (Wildman–Crippen LogP) is 4.29. The fourth-order valence-electron chi connectivity index (χ4n) is 1.75. The van der Waals surface area contributed by atoms with E-state index in [9.17, 15) is 0 Å². The molecule has 2 rings (SSSR count). The molecule has 0 heterocycles. The molecule has 2 aromatic carbocycles. The van der Waals surface area contributed by atoms with Gasteiger partial charge in [0.2, 0.25) is 0 Å². The van der Waals surface area contributed by atoms with E-state index in [1.807, 2.05) is 49.5 Å². The summed E-state index contributed by atoms with van der Waals surface area (Å²) in [4.78, 5) is 0. The van der Waals surface area contributed by atoms with Gasteiger partial charge in [-0.1, -0.05) is 47.5 Å². The first kappa shape index (κ1) is 14.2. The van der Waals surface area contributed by atoms with Crippen LogP contribution in [0.3, 0.4) is 0 Å². The third-order valence-electron chi connectivity index (χ3n) is 2.72. The van der Waals surface area contributed by atoms with Crippen molar-refractivity contribution >= 4 is 23.2 Å². The summed E-state index contributed by atoms with van der Waals surface area (Å²) in [6.07, 6.45) is 0. The minimum absolute atomic E-state index is 0.408. The largest absolute Gasteiger partial charge is 0.487 e. The third-order valence-corrected chi connectivity index (χ3v) is 3.38. The molecule has 0 aromatic heterocycles. The highest BCUT2D eigenvalue weighted by Gasteiger charge is 2.05. The predicted molar refractivity (Wildman–Crippen MR) is 80.0 cm³/mol. The van der Waals surface area contributed by atoms with Crippen molar-refractivity contribution in [3.05, 3.63) is 63.6 Å². The van der Waals surface area contributed by atoms with Crippen molar-refractivity contribution in [2.45, 2.75) is 13.2 Å². The molecule has 0 aliphatic carbocycles. The number of halogens is 2. The highest BCUT2D eigenvalue weighted by atomic mass is 35.5. The number of benzene rings is 2. The molecule has 100 valence electrons. The second kappa shape index (κ2) is 6.80. The Hall–Kier alpha value is -1.22. The van der Waals surface area contributed by atoms with Crippen LogP contribution in [-0.4, -0.2) is 7.05 Å². The first-order chi connectivity index (χ1) is 9.20. The van der Waals surface area contributed by atoms with Gasteiger partial charge in [0, 0.05) is 17.1 Å². The summed E-state index contributed by atoms with van der Waals surface area (Å²) in [5.74, 6) is 0.668. The van der Waals surface area contributed by atoms with Crippen LogP contribution in [0, 0.1) is 0 Å². The summed E-state index contributed by atoms with van der Waals surface area (Å²) in [5.41, 5.74) is 2.07. The highest BCUT2D eigenvalue weighted by Crippen LogP contribution is 2.27. The molecule has 19 heavy (non-hydrogen) atoms. The van der Waals surface area contributed by atoms with E-state index in [2.05, 4.69) is 5.32 Å². The first-order valence-electron chi connectivity index (χ1n) is 6.00. The van der Waals surface area contributed by atoms with Crippen molar-refractivity contribution in [3.63, 3.8) is 0 Å². The summed E-state index contributed by atoms with van der Waals surface area (Å²) in [5, 5.41) is 4.39.